The third-order valence-electron chi connectivity index (χ3n) is 3.99. The molecule has 0 saturated heterocycles. The number of rotatable bonds is 3. The molecule has 0 spiro atoms. The number of nitrogens with zero attached hydrogens (tertiary/aromatic N) is 3. The highest BCUT2D eigenvalue weighted by Crippen LogP contribution is 2.26. The van der Waals surface area contributed by atoms with Gasteiger partial charge in [-0.05, 0) is 11.6 Å². The summed E-state index contributed by atoms with van der Waals surface area (Å²) in [6.07, 6.45) is 0.780. The number of benzene rings is 2. The third-order valence-corrected chi connectivity index (χ3v) is 3.99. The van der Waals surface area contributed by atoms with Gasteiger partial charge in [0.2, 0.25) is 5.71 Å². The van der Waals surface area contributed by atoms with Crippen LogP contribution in [0.5, 0.6) is 0 Å². The molecule has 0 bridgehead atoms. The highest BCUT2D eigenvalue weighted by molar-refractivity contribution is 6.11. The van der Waals surface area contributed by atoms with E-state index in [0.717, 1.165) is 29.8 Å². The van der Waals surface area contributed by atoms with E-state index in [1.807, 2.05) is 11.6 Å². The fraction of sp³-hybridized carbons (Fsp3) is 0.188. The molecule has 0 radical (unpaired) electrons. The Morgan fingerprint density at radius 3 is 2.33 bits per heavy atom. The molecule has 0 aromatic heterocycles. The molecule has 8 heteroatoms. The standard InChI is InChI=1S/C16H14N3O4.HI/c1-17-8-7-11-5-6-14(19(22)23)10-15(11)16(17)12-3-2-4-13(9-12)18(20)21;/h2-6,9-10H,7-8H2,1H3;1H/q+1;/p-1. The Labute approximate surface area is 154 Å². The number of nitro benzene ring substituents is 2. The second-order valence-electron chi connectivity index (χ2n) is 5.43. The number of halogens is 1. The molecule has 24 heavy (non-hydrogen) atoms. The normalized spacial score (nSPS) is 13.0. The lowest BCUT2D eigenvalue weighted by Crippen LogP contribution is -3.00. The summed E-state index contributed by atoms with van der Waals surface area (Å²) in [5.41, 5.74) is 3.24. The number of nitro groups is 2. The summed E-state index contributed by atoms with van der Waals surface area (Å²) in [6.45, 7) is 0.753. The third kappa shape index (κ3) is 3.28. The van der Waals surface area contributed by atoms with E-state index in [1.165, 1.54) is 18.2 Å². The van der Waals surface area contributed by atoms with Crippen molar-refractivity contribution in [3.05, 3.63) is 79.4 Å². The van der Waals surface area contributed by atoms with Crippen molar-refractivity contribution in [2.24, 2.45) is 0 Å². The van der Waals surface area contributed by atoms with Gasteiger partial charge in [0.1, 0.15) is 13.6 Å². The zero-order chi connectivity index (χ0) is 16.6. The van der Waals surface area contributed by atoms with E-state index in [-0.39, 0.29) is 35.4 Å². The number of hydrogen-bond donors (Lipinski definition) is 0. The van der Waals surface area contributed by atoms with Crippen molar-refractivity contribution >= 4 is 17.1 Å². The molecule has 2 aromatic rings. The van der Waals surface area contributed by atoms with Crippen molar-refractivity contribution in [2.75, 3.05) is 13.6 Å². The van der Waals surface area contributed by atoms with Crippen LogP contribution in [0.1, 0.15) is 16.7 Å². The summed E-state index contributed by atoms with van der Waals surface area (Å²) in [5, 5.41) is 22.0. The molecule has 0 saturated carbocycles. The van der Waals surface area contributed by atoms with Gasteiger partial charge >= 0.3 is 0 Å². The molecule has 2 aromatic carbocycles. The molecule has 0 amide bonds. The smallest absolute Gasteiger partial charge is 0.270 e. The van der Waals surface area contributed by atoms with Gasteiger partial charge < -0.3 is 24.0 Å². The first-order valence-corrected chi connectivity index (χ1v) is 7.08. The van der Waals surface area contributed by atoms with Crippen molar-refractivity contribution in [3.63, 3.8) is 0 Å². The Hall–Kier alpha value is -2.36. The van der Waals surface area contributed by atoms with Crippen LogP contribution in [0.4, 0.5) is 11.4 Å². The molecular weight excluding hydrogens is 425 g/mol. The van der Waals surface area contributed by atoms with Gasteiger partial charge in [0.25, 0.3) is 11.4 Å². The lowest BCUT2D eigenvalue weighted by Gasteiger charge is -2.16. The van der Waals surface area contributed by atoms with Crippen molar-refractivity contribution in [1.82, 2.24) is 0 Å². The monoisotopic (exact) mass is 439 g/mol. The van der Waals surface area contributed by atoms with Crippen molar-refractivity contribution < 1.29 is 38.4 Å². The first kappa shape index (κ1) is 18.0. The molecule has 0 fully saturated rings. The first-order valence-electron chi connectivity index (χ1n) is 7.08. The second kappa shape index (κ2) is 7.04. The van der Waals surface area contributed by atoms with Gasteiger partial charge in [-0.1, -0.05) is 12.1 Å². The van der Waals surface area contributed by atoms with Crippen LogP contribution >= 0.6 is 0 Å². The predicted octanol–water partition coefficient (Wildman–Crippen LogP) is -0.457. The molecule has 1 aliphatic rings. The van der Waals surface area contributed by atoms with Crippen molar-refractivity contribution in [2.45, 2.75) is 6.42 Å². The average Bonchev–Trinajstić information content (AvgIpc) is 2.54. The fourth-order valence-corrected chi connectivity index (χ4v) is 2.86. The van der Waals surface area contributed by atoms with Crippen LogP contribution in [0.3, 0.4) is 0 Å². The minimum atomic E-state index is -0.443. The van der Waals surface area contributed by atoms with E-state index < -0.39 is 9.85 Å². The Morgan fingerprint density at radius 1 is 1.00 bits per heavy atom. The Balaban J connectivity index is 0.00000208. The van der Waals surface area contributed by atoms with Crippen LogP contribution in [-0.4, -0.2) is 33.7 Å². The first-order chi connectivity index (χ1) is 11.0. The predicted molar refractivity (Wildman–Crippen MR) is 84.2 cm³/mol. The minimum absolute atomic E-state index is 0. The highest BCUT2D eigenvalue weighted by atomic mass is 127. The Bertz CT molecular complexity index is 864. The average molecular weight is 439 g/mol. The number of hydrogen-bond acceptors (Lipinski definition) is 4. The van der Waals surface area contributed by atoms with Crippen LogP contribution in [-0.2, 0) is 6.42 Å². The van der Waals surface area contributed by atoms with E-state index in [4.69, 9.17) is 0 Å². The molecule has 0 N–H and O–H groups in total. The molecule has 3 rings (SSSR count). The van der Waals surface area contributed by atoms with Gasteiger partial charge in [0.05, 0.1) is 21.0 Å². The summed E-state index contributed by atoms with van der Waals surface area (Å²) >= 11 is 0. The Morgan fingerprint density at radius 2 is 1.67 bits per heavy atom. The molecule has 0 aliphatic carbocycles. The van der Waals surface area contributed by atoms with Gasteiger partial charge in [-0.15, -0.1) is 0 Å². The van der Waals surface area contributed by atoms with Crippen LogP contribution in [0.25, 0.3) is 0 Å². The van der Waals surface area contributed by atoms with Crippen LogP contribution in [0, 0.1) is 20.2 Å². The number of fused-ring (bicyclic) bond motifs is 1. The molecule has 1 aliphatic heterocycles. The zero-order valence-electron chi connectivity index (χ0n) is 12.8. The fourth-order valence-electron chi connectivity index (χ4n) is 2.86. The van der Waals surface area contributed by atoms with E-state index in [2.05, 4.69) is 0 Å². The summed E-state index contributed by atoms with van der Waals surface area (Å²) < 4.78 is 1.98. The largest absolute Gasteiger partial charge is 1.00 e. The van der Waals surface area contributed by atoms with E-state index in [1.54, 1.807) is 24.3 Å². The summed E-state index contributed by atoms with van der Waals surface area (Å²) in [4.78, 5) is 21.2. The van der Waals surface area contributed by atoms with Gasteiger partial charge in [0, 0.05) is 30.7 Å². The molecular formula is C16H14IN3O4. The topological polar surface area (TPSA) is 89.3 Å². The van der Waals surface area contributed by atoms with Gasteiger partial charge in [-0.2, -0.15) is 0 Å². The van der Waals surface area contributed by atoms with Crippen LogP contribution in [0.2, 0.25) is 0 Å². The maximum Gasteiger partial charge on any atom is 0.270 e. The van der Waals surface area contributed by atoms with E-state index in [0.29, 0.717) is 5.56 Å². The Kier molecular flexibility index (Phi) is 5.27. The minimum Gasteiger partial charge on any atom is -1.00 e. The molecule has 0 unspecified atom stereocenters. The lowest BCUT2D eigenvalue weighted by molar-refractivity contribution is -0.497. The summed E-state index contributed by atoms with van der Waals surface area (Å²) in [6, 6.07) is 11.1. The summed E-state index contributed by atoms with van der Waals surface area (Å²) in [5.74, 6) is 0. The lowest BCUT2D eigenvalue weighted by atomic mass is 9.92. The zero-order valence-corrected chi connectivity index (χ0v) is 15.0. The molecule has 0 atom stereocenters. The molecule has 1 heterocycles. The quantitative estimate of drug-likeness (QED) is 0.280. The van der Waals surface area contributed by atoms with E-state index >= 15 is 0 Å². The molecule has 124 valence electrons. The number of likely N-dealkylation sites (N-methyl/N-ethyl adjacent to an activating group) is 1. The van der Waals surface area contributed by atoms with Crippen molar-refractivity contribution in [1.29, 1.82) is 0 Å². The number of non-ortho nitro benzene ring substituents is 2. The van der Waals surface area contributed by atoms with Gasteiger partial charge in [-0.25, -0.2) is 4.58 Å². The van der Waals surface area contributed by atoms with Crippen LogP contribution in [0.15, 0.2) is 42.5 Å². The maximum absolute atomic E-state index is 11.0. The van der Waals surface area contributed by atoms with E-state index in [9.17, 15) is 20.2 Å². The SMILES string of the molecule is C[N+]1=C(c2cccc([N+](=O)[O-])c2)c2cc([N+](=O)[O-])ccc2CC1.[I-]. The van der Waals surface area contributed by atoms with Gasteiger partial charge in [0.15, 0.2) is 0 Å². The highest BCUT2D eigenvalue weighted by Gasteiger charge is 2.28. The summed E-state index contributed by atoms with van der Waals surface area (Å²) in [7, 11) is 1.88. The molecule has 7 nitrogen and oxygen atoms in total. The second-order valence-corrected chi connectivity index (χ2v) is 5.43. The van der Waals surface area contributed by atoms with Gasteiger partial charge in [-0.3, -0.25) is 20.2 Å². The maximum atomic E-state index is 11.0. The van der Waals surface area contributed by atoms with Crippen molar-refractivity contribution in [3.8, 4) is 0 Å². The van der Waals surface area contributed by atoms with Crippen LogP contribution < -0.4 is 24.0 Å².